The number of aliphatic hydroxyl groups is 1. The number of aromatic hydroxyl groups is 1. The standard InChI is InChI=1S/C30H29NO4/c32-23-11-10-19-14-24-30(34)15-22(21-7-3-5-18-4-1-2-6-20(18)21)26(33)28-29(30,25(19)27(23)35-28)12-13-31(24)16-17-8-9-17/h1-6,10-11,17,24,28,32,34H,7-9,12-16H2/b22-21+/t24-,28+,29+,30-/m1/s1. The molecule has 35 heavy (non-hydrogen) atoms. The number of fused-ring (bicyclic) bond motifs is 1. The van der Waals surface area contributed by atoms with Gasteiger partial charge in [-0.05, 0) is 72.9 Å². The van der Waals surface area contributed by atoms with Crippen LogP contribution in [0, 0.1) is 5.92 Å². The zero-order chi connectivity index (χ0) is 23.5. The van der Waals surface area contributed by atoms with Gasteiger partial charge >= 0.3 is 0 Å². The van der Waals surface area contributed by atoms with Gasteiger partial charge in [-0.1, -0.05) is 42.5 Å². The maximum Gasteiger partial charge on any atom is 0.200 e. The van der Waals surface area contributed by atoms with Gasteiger partial charge in [0.05, 0.1) is 11.0 Å². The van der Waals surface area contributed by atoms with E-state index in [9.17, 15) is 15.0 Å². The van der Waals surface area contributed by atoms with Crippen molar-refractivity contribution in [3.05, 3.63) is 70.3 Å². The van der Waals surface area contributed by atoms with Gasteiger partial charge < -0.3 is 14.9 Å². The van der Waals surface area contributed by atoms with Crippen LogP contribution < -0.4 is 4.74 Å². The lowest BCUT2D eigenvalue weighted by Crippen LogP contribution is -2.77. The first-order valence-corrected chi connectivity index (χ1v) is 13.0. The number of benzene rings is 2. The molecular weight excluding hydrogens is 438 g/mol. The van der Waals surface area contributed by atoms with Crippen LogP contribution >= 0.6 is 0 Å². The Bertz CT molecular complexity index is 1370. The molecule has 0 amide bonds. The van der Waals surface area contributed by atoms with Crippen molar-refractivity contribution < 1.29 is 19.7 Å². The summed E-state index contributed by atoms with van der Waals surface area (Å²) in [6.07, 6.45) is 8.37. The maximum atomic E-state index is 14.3. The monoisotopic (exact) mass is 467 g/mol. The molecule has 5 heteroatoms. The van der Waals surface area contributed by atoms with Crippen molar-refractivity contribution in [2.45, 2.75) is 61.7 Å². The Kier molecular flexibility index (Phi) is 3.86. The lowest BCUT2D eigenvalue weighted by molar-refractivity contribution is -0.180. The summed E-state index contributed by atoms with van der Waals surface area (Å²) < 4.78 is 6.39. The van der Waals surface area contributed by atoms with Crippen LogP contribution in [0.15, 0.2) is 48.0 Å². The second kappa shape index (κ2) is 6.65. The zero-order valence-corrected chi connectivity index (χ0v) is 19.7. The van der Waals surface area contributed by atoms with Crippen molar-refractivity contribution in [2.75, 3.05) is 13.1 Å². The fraction of sp³-hybridized carbons (Fsp3) is 0.433. The Hall–Kier alpha value is -2.89. The van der Waals surface area contributed by atoms with E-state index in [4.69, 9.17) is 4.74 Å². The molecule has 1 saturated heterocycles. The summed E-state index contributed by atoms with van der Waals surface area (Å²) in [5.74, 6) is 1.19. The lowest BCUT2D eigenvalue weighted by Gasteiger charge is -2.63. The molecule has 6 aliphatic rings. The van der Waals surface area contributed by atoms with Gasteiger partial charge in [-0.15, -0.1) is 0 Å². The molecule has 4 atom stereocenters. The molecule has 0 aromatic heterocycles. The molecule has 0 radical (unpaired) electrons. The van der Waals surface area contributed by atoms with Gasteiger partial charge in [0.2, 0.25) is 5.78 Å². The van der Waals surface area contributed by atoms with Crippen molar-refractivity contribution >= 4 is 17.4 Å². The molecule has 2 saturated carbocycles. The Balaban J connectivity index is 1.36. The van der Waals surface area contributed by atoms with Crippen molar-refractivity contribution in [1.82, 2.24) is 4.90 Å². The SMILES string of the molecule is O=C1/C(=C2\CC=Cc3ccccc32)C[C@@]2(O)[C@H]3Cc4ccc(O)c5c4[C@@]2(CCN3CC2CC2)[C@H]1O5. The number of nitrogens with zero attached hydrogens (tertiary/aromatic N) is 1. The van der Waals surface area contributed by atoms with E-state index in [0.29, 0.717) is 30.6 Å². The molecule has 2 aliphatic heterocycles. The molecule has 0 unspecified atom stereocenters. The summed E-state index contributed by atoms with van der Waals surface area (Å²) in [6, 6.07) is 11.8. The summed E-state index contributed by atoms with van der Waals surface area (Å²) in [5.41, 5.74) is 3.99. The van der Waals surface area contributed by atoms with Crippen LogP contribution in [0.5, 0.6) is 11.5 Å². The molecule has 5 nitrogen and oxygen atoms in total. The molecule has 178 valence electrons. The Labute approximate surface area is 204 Å². The fourth-order valence-corrected chi connectivity index (χ4v) is 8.03. The normalized spacial score (nSPS) is 36.5. The highest BCUT2D eigenvalue weighted by Gasteiger charge is 2.74. The van der Waals surface area contributed by atoms with Crippen LogP contribution in [0.25, 0.3) is 11.6 Å². The fourth-order valence-electron chi connectivity index (χ4n) is 8.03. The minimum atomic E-state index is -1.12. The number of likely N-dealkylation sites (tertiary alicyclic amines) is 1. The number of ether oxygens (including phenoxy) is 1. The van der Waals surface area contributed by atoms with E-state index in [-0.39, 0.29) is 17.6 Å². The van der Waals surface area contributed by atoms with E-state index in [1.54, 1.807) is 6.07 Å². The van der Waals surface area contributed by atoms with E-state index in [1.807, 2.05) is 18.2 Å². The van der Waals surface area contributed by atoms with E-state index < -0.39 is 17.1 Å². The minimum absolute atomic E-state index is 0.0207. The van der Waals surface area contributed by atoms with Crippen LogP contribution in [0.4, 0.5) is 0 Å². The van der Waals surface area contributed by atoms with Crippen molar-refractivity contribution in [2.24, 2.45) is 5.92 Å². The number of rotatable bonds is 2. The first kappa shape index (κ1) is 20.3. The smallest absolute Gasteiger partial charge is 0.200 e. The molecule has 3 fully saturated rings. The largest absolute Gasteiger partial charge is 0.504 e. The summed E-state index contributed by atoms with van der Waals surface area (Å²) in [7, 11) is 0. The van der Waals surface area contributed by atoms with Gasteiger partial charge in [0, 0.05) is 30.1 Å². The highest BCUT2D eigenvalue weighted by Crippen LogP contribution is 2.66. The second-order valence-electron chi connectivity index (χ2n) is 11.4. The van der Waals surface area contributed by atoms with Crippen LogP contribution in [0.3, 0.4) is 0 Å². The average molecular weight is 468 g/mol. The van der Waals surface area contributed by atoms with Crippen LogP contribution in [-0.4, -0.2) is 51.7 Å². The summed E-state index contributed by atoms with van der Waals surface area (Å²) >= 11 is 0. The van der Waals surface area contributed by atoms with Crippen molar-refractivity contribution in [1.29, 1.82) is 0 Å². The van der Waals surface area contributed by atoms with Gasteiger partial charge in [0.15, 0.2) is 17.6 Å². The number of Topliss-reactive ketones (excluding diaryl/α,β-unsaturated/α-hetero) is 1. The number of carbonyl (C=O) groups is 1. The maximum absolute atomic E-state index is 14.3. The van der Waals surface area contributed by atoms with Gasteiger partial charge in [-0.25, -0.2) is 0 Å². The second-order valence-corrected chi connectivity index (χ2v) is 11.4. The molecule has 8 rings (SSSR count). The summed E-state index contributed by atoms with van der Waals surface area (Å²) in [4.78, 5) is 16.8. The first-order valence-electron chi connectivity index (χ1n) is 13.0. The molecule has 2 bridgehead atoms. The zero-order valence-electron chi connectivity index (χ0n) is 19.7. The molecule has 1 spiro atoms. The van der Waals surface area contributed by atoms with E-state index in [0.717, 1.165) is 53.3 Å². The van der Waals surface area contributed by atoms with Gasteiger partial charge in [-0.2, -0.15) is 0 Å². The Morgan fingerprint density at radius 3 is 2.83 bits per heavy atom. The number of hydrogen-bond acceptors (Lipinski definition) is 5. The van der Waals surface area contributed by atoms with Gasteiger partial charge in [-0.3, -0.25) is 9.69 Å². The number of ketones is 1. The number of piperidine rings is 1. The number of carbonyl (C=O) groups excluding carboxylic acids is 1. The third kappa shape index (κ3) is 2.43. The predicted molar refractivity (Wildman–Crippen MR) is 132 cm³/mol. The number of hydrogen-bond donors (Lipinski definition) is 2. The predicted octanol–water partition coefficient (Wildman–Crippen LogP) is 4.01. The van der Waals surface area contributed by atoms with Crippen molar-refractivity contribution in [3.8, 4) is 11.5 Å². The lowest BCUT2D eigenvalue weighted by atomic mass is 9.48. The number of phenolic OH excluding ortho intramolecular Hbond substituents is 1. The minimum Gasteiger partial charge on any atom is -0.504 e. The van der Waals surface area contributed by atoms with E-state index in [1.165, 1.54) is 12.8 Å². The van der Waals surface area contributed by atoms with Gasteiger partial charge in [0.1, 0.15) is 0 Å². The van der Waals surface area contributed by atoms with Crippen LogP contribution in [0.1, 0.15) is 54.4 Å². The molecular formula is C30H29NO4. The first-order chi connectivity index (χ1) is 17.0. The third-order valence-electron chi connectivity index (χ3n) is 9.76. The third-order valence-corrected chi connectivity index (χ3v) is 9.76. The number of allylic oxidation sites excluding steroid dienone is 2. The molecule has 4 aliphatic carbocycles. The highest BCUT2D eigenvalue weighted by molar-refractivity contribution is 6.09. The van der Waals surface area contributed by atoms with E-state index in [2.05, 4.69) is 29.2 Å². The van der Waals surface area contributed by atoms with Crippen molar-refractivity contribution in [3.63, 3.8) is 0 Å². The summed E-state index contributed by atoms with van der Waals surface area (Å²) in [5, 5.41) is 23.6. The Morgan fingerprint density at radius 1 is 1.11 bits per heavy atom. The molecule has 2 aromatic carbocycles. The topological polar surface area (TPSA) is 70.0 Å². The Morgan fingerprint density at radius 2 is 1.97 bits per heavy atom. The average Bonchev–Trinajstić information content (AvgIpc) is 3.61. The quantitative estimate of drug-likeness (QED) is 0.654. The molecule has 2 N–H and O–H groups in total. The van der Waals surface area contributed by atoms with Crippen LogP contribution in [-0.2, 0) is 16.6 Å². The van der Waals surface area contributed by atoms with Gasteiger partial charge in [0.25, 0.3) is 0 Å². The van der Waals surface area contributed by atoms with E-state index >= 15 is 0 Å². The summed E-state index contributed by atoms with van der Waals surface area (Å²) in [6.45, 7) is 1.86. The van der Waals surface area contributed by atoms with Crippen LogP contribution in [0.2, 0.25) is 0 Å². The molecule has 2 aromatic rings. The highest BCUT2D eigenvalue weighted by atomic mass is 16.5. The number of phenols is 1. The molecule has 2 heterocycles.